The van der Waals surface area contributed by atoms with Crippen LogP contribution >= 0.6 is 0 Å². The first-order valence-electron chi connectivity index (χ1n) is 10.0. The van der Waals surface area contributed by atoms with Crippen LogP contribution in [0.15, 0.2) is 85.1 Å². The monoisotopic (exact) mass is 380 g/mol. The summed E-state index contributed by atoms with van der Waals surface area (Å²) < 4.78 is 2.05. The van der Waals surface area contributed by atoms with Crippen LogP contribution in [0.4, 0.5) is 5.82 Å². The number of imidazole rings is 1. The number of rotatable bonds is 8. The predicted octanol–water partition coefficient (Wildman–Crippen LogP) is 5.06. The molecule has 4 aromatic rings. The van der Waals surface area contributed by atoms with Crippen molar-refractivity contribution >= 4 is 11.5 Å². The van der Waals surface area contributed by atoms with Crippen molar-refractivity contribution in [1.82, 2.24) is 9.38 Å². The first kappa shape index (κ1) is 18.8. The minimum Gasteiger partial charge on any atom is -0.354 e. The van der Waals surface area contributed by atoms with E-state index in [4.69, 9.17) is 4.98 Å². The predicted molar refractivity (Wildman–Crippen MR) is 117 cm³/mol. The number of aryl methyl sites for hydroxylation is 3. The Morgan fingerprint density at radius 2 is 1.48 bits per heavy atom. The molecule has 4 nitrogen and oxygen atoms in total. The first-order chi connectivity index (χ1) is 14.3. The van der Waals surface area contributed by atoms with Gasteiger partial charge in [-0.1, -0.05) is 66.7 Å². The number of anilines is 1. The topological polar surface area (TPSA) is 53.1 Å². The fourth-order valence-electron chi connectivity index (χ4n) is 3.57. The Bertz CT molecular complexity index is 1090. The highest BCUT2D eigenvalue weighted by Crippen LogP contribution is 2.22. The molecule has 144 valence electrons. The van der Waals surface area contributed by atoms with Gasteiger partial charge < -0.3 is 5.32 Å². The minimum absolute atomic E-state index is 0.272. The van der Waals surface area contributed by atoms with Gasteiger partial charge in [-0.2, -0.15) is 5.26 Å². The maximum atomic E-state index is 9.73. The lowest BCUT2D eigenvalue weighted by Crippen LogP contribution is -2.20. The van der Waals surface area contributed by atoms with E-state index in [1.807, 2.05) is 53.1 Å². The third-order valence-corrected chi connectivity index (χ3v) is 5.13. The maximum absolute atomic E-state index is 9.73. The molecule has 0 aliphatic carbocycles. The largest absolute Gasteiger partial charge is 0.354 e. The minimum atomic E-state index is -0.272. The van der Waals surface area contributed by atoms with Crippen molar-refractivity contribution in [3.05, 3.63) is 102 Å². The van der Waals surface area contributed by atoms with Crippen LogP contribution in [0.25, 0.3) is 5.65 Å². The molecule has 0 aliphatic rings. The van der Waals surface area contributed by atoms with Crippen molar-refractivity contribution in [2.75, 3.05) is 5.32 Å². The molecule has 0 amide bonds. The average Bonchev–Trinajstić information content (AvgIpc) is 3.14. The van der Waals surface area contributed by atoms with E-state index in [1.54, 1.807) is 0 Å². The van der Waals surface area contributed by atoms with E-state index < -0.39 is 0 Å². The van der Waals surface area contributed by atoms with Gasteiger partial charge in [0.15, 0.2) is 0 Å². The van der Waals surface area contributed by atoms with Crippen LogP contribution in [-0.2, 0) is 19.3 Å². The molecule has 4 rings (SSSR count). The number of nitrogens with one attached hydrogen (secondary N) is 1. The Kier molecular flexibility index (Phi) is 5.87. The van der Waals surface area contributed by atoms with Crippen molar-refractivity contribution < 1.29 is 0 Å². The Balaban J connectivity index is 1.53. The van der Waals surface area contributed by atoms with Crippen LogP contribution in [-0.4, -0.2) is 15.4 Å². The van der Waals surface area contributed by atoms with Gasteiger partial charge in [0.25, 0.3) is 0 Å². The zero-order chi connectivity index (χ0) is 19.9. The summed E-state index contributed by atoms with van der Waals surface area (Å²) in [6, 6.07) is 28.9. The molecule has 2 aromatic carbocycles. The third-order valence-electron chi connectivity index (χ3n) is 5.13. The van der Waals surface area contributed by atoms with Crippen LogP contribution in [0.2, 0.25) is 0 Å². The lowest BCUT2D eigenvalue weighted by Gasteiger charge is -2.14. The number of nitrogens with zero attached hydrogens (tertiary/aromatic N) is 3. The van der Waals surface area contributed by atoms with Crippen LogP contribution in [0.3, 0.4) is 0 Å². The van der Waals surface area contributed by atoms with Gasteiger partial charge in [0, 0.05) is 6.20 Å². The molecular formula is C25H24N4. The van der Waals surface area contributed by atoms with Gasteiger partial charge >= 0.3 is 0 Å². The molecule has 0 fully saturated rings. The fraction of sp³-hybridized carbons (Fsp3) is 0.200. The number of benzene rings is 2. The van der Waals surface area contributed by atoms with Gasteiger partial charge in [0.1, 0.15) is 17.5 Å². The second kappa shape index (κ2) is 9.07. The van der Waals surface area contributed by atoms with Gasteiger partial charge in [-0.25, -0.2) is 4.98 Å². The summed E-state index contributed by atoms with van der Waals surface area (Å²) in [5.41, 5.74) is 4.44. The Hall–Kier alpha value is -3.58. The zero-order valence-electron chi connectivity index (χ0n) is 16.3. The van der Waals surface area contributed by atoms with E-state index in [2.05, 4.69) is 47.8 Å². The molecule has 1 atom stereocenters. The second-order valence-electron chi connectivity index (χ2n) is 7.17. The van der Waals surface area contributed by atoms with Gasteiger partial charge in [-0.05, 0) is 48.9 Å². The quantitative estimate of drug-likeness (QED) is 0.465. The van der Waals surface area contributed by atoms with Crippen molar-refractivity contribution in [2.45, 2.75) is 31.7 Å². The Morgan fingerprint density at radius 1 is 0.828 bits per heavy atom. The SMILES string of the molecule is N#CC(CCc1ccccc1)Nc1c(CCc2ccccc2)nc2ccccn12. The van der Waals surface area contributed by atoms with Gasteiger partial charge in [0.2, 0.25) is 0 Å². The summed E-state index contributed by atoms with van der Waals surface area (Å²) in [5.74, 6) is 0.927. The van der Waals surface area contributed by atoms with Crippen LogP contribution in [0.1, 0.15) is 23.2 Å². The van der Waals surface area contributed by atoms with Gasteiger partial charge in [-0.15, -0.1) is 0 Å². The number of pyridine rings is 1. The highest BCUT2D eigenvalue weighted by atomic mass is 15.1. The van der Waals surface area contributed by atoms with Crippen molar-refractivity contribution in [3.63, 3.8) is 0 Å². The van der Waals surface area contributed by atoms with E-state index in [0.29, 0.717) is 0 Å². The highest BCUT2D eigenvalue weighted by molar-refractivity contribution is 5.56. The number of aromatic nitrogens is 2. The zero-order valence-corrected chi connectivity index (χ0v) is 16.3. The fourth-order valence-corrected chi connectivity index (χ4v) is 3.57. The van der Waals surface area contributed by atoms with Crippen LogP contribution in [0, 0.1) is 11.3 Å². The number of hydrogen-bond donors (Lipinski definition) is 1. The first-order valence-corrected chi connectivity index (χ1v) is 10.0. The van der Waals surface area contributed by atoms with Crippen LogP contribution < -0.4 is 5.32 Å². The lowest BCUT2D eigenvalue weighted by atomic mass is 10.1. The molecule has 0 saturated heterocycles. The molecule has 4 heteroatoms. The normalized spacial score (nSPS) is 11.8. The summed E-state index contributed by atoms with van der Waals surface area (Å²) in [4.78, 5) is 4.82. The molecule has 1 N–H and O–H groups in total. The molecule has 0 aliphatic heterocycles. The molecule has 0 saturated carbocycles. The van der Waals surface area contributed by atoms with Crippen LogP contribution in [0.5, 0.6) is 0 Å². The van der Waals surface area contributed by atoms with Gasteiger partial charge in [0.05, 0.1) is 11.8 Å². The molecule has 0 radical (unpaired) electrons. The van der Waals surface area contributed by atoms with Crippen molar-refractivity contribution in [3.8, 4) is 6.07 Å². The summed E-state index contributed by atoms with van der Waals surface area (Å²) >= 11 is 0. The summed E-state index contributed by atoms with van der Waals surface area (Å²) in [5, 5.41) is 13.2. The third kappa shape index (κ3) is 4.64. The van der Waals surface area contributed by atoms with E-state index in [9.17, 15) is 5.26 Å². The molecule has 2 heterocycles. The number of nitriles is 1. The van der Waals surface area contributed by atoms with E-state index in [1.165, 1.54) is 11.1 Å². The second-order valence-corrected chi connectivity index (χ2v) is 7.17. The molecule has 0 spiro atoms. The van der Waals surface area contributed by atoms with Crippen molar-refractivity contribution in [2.24, 2.45) is 0 Å². The van der Waals surface area contributed by atoms with Crippen molar-refractivity contribution in [1.29, 1.82) is 5.26 Å². The van der Waals surface area contributed by atoms with E-state index in [0.717, 1.165) is 42.8 Å². The maximum Gasteiger partial charge on any atom is 0.138 e. The summed E-state index contributed by atoms with van der Waals surface area (Å²) in [6.07, 6.45) is 5.36. The average molecular weight is 380 g/mol. The van der Waals surface area contributed by atoms with Gasteiger partial charge in [-0.3, -0.25) is 4.40 Å². The van der Waals surface area contributed by atoms with E-state index in [-0.39, 0.29) is 6.04 Å². The lowest BCUT2D eigenvalue weighted by molar-refractivity contribution is 0.761. The molecule has 0 bridgehead atoms. The molecule has 2 aromatic heterocycles. The standard InChI is InChI=1S/C25H24N4/c26-19-22(16-14-20-9-3-1-4-10-20)27-25-23(17-15-21-11-5-2-6-12-21)28-24-13-7-8-18-29(24)25/h1-13,18,22,27H,14-17H2. The summed E-state index contributed by atoms with van der Waals surface area (Å²) in [7, 11) is 0. The smallest absolute Gasteiger partial charge is 0.138 e. The Morgan fingerprint density at radius 3 is 2.17 bits per heavy atom. The highest BCUT2D eigenvalue weighted by Gasteiger charge is 2.16. The summed E-state index contributed by atoms with van der Waals surface area (Å²) in [6.45, 7) is 0. The number of fused-ring (bicyclic) bond motifs is 1. The number of hydrogen-bond acceptors (Lipinski definition) is 3. The molecule has 29 heavy (non-hydrogen) atoms. The molecule has 1 unspecified atom stereocenters. The molecular weight excluding hydrogens is 356 g/mol. The van der Waals surface area contributed by atoms with E-state index >= 15 is 0 Å². The Labute approximate surface area is 171 Å².